The summed E-state index contributed by atoms with van der Waals surface area (Å²) < 4.78 is 5.28. The number of hydrogen-bond donors (Lipinski definition) is 6. The van der Waals surface area contributed by atoms with Crippen LogP contribution in [0.15, 0.2) is 29.3 Å². The number of phenols is 1. The molecule has 0 aromatic heterocycles. The molecular weight excluding hydrogens is 420 g/mol. The van der Waals surface area contributed by atoms with Crippen molar-refractivity contribution in [3.63, 3.8) is 0 Å². The summed E-state index contributed by atoms with van der Waals surface area (Å²) in [6, 6.07) is 5.69. The quantitative estimate of drug-likeness (QED) is 0.171. The smallest absolute Gasteiger partial charge is 0.342 e. The molecule has 7 N–H and O–H groups in total. The number of nitrogens with one attached hydrogen (secondary N) is 3. The first-order chi connectivity index (χ1) is 14.9. The second kappa shape index (κ2) is 11.6. The topological polar surface area (TPSA) is 190 Å². The summed E-state index contributed by atoms with van der Waals surface area (Å²) in [7, 11) is 3.18. The van der Waals surface area contributed by atoms with Gasteiger partial charge in [-0.3, -0.25) is 20.3 Å². The highest BCUT2D eigenvalue weighted by molar-refractivity contribution is 6.01. The normalized spacial score (nSPS) is 12.5. The number of aliphatic hydroxyl groups is 1. The van der Waals surface area contributed by atoms with Crippen LogP contribution in [0.5, 0.6) is 5.75 Å². The van der Waals surface area contributed by atoms with Crippen LogP contribution >= 0.6 is 0 Å². The number of carbonyl (C=O) groups is 3. The van der Waals surface area contributed by atoms with Gasteiger partial charge in [0.2, 0.25) is 17.8 Å². The summed E-state index contributed by atoms with van der Waals surface area (Å²) in [6.45, 7) is 2.47. The Labute approximate surface area is 186 Å². The lowest BCUT2D eigenvalue weighted by atomic mass is 9.86. The van der Waals surface area contributed by atoms with E-state index in [1.807, 2.05) is 0 Å². The average molecular weight is 450 g/mol. The molecule has 0 aliphatic rings. The summed E-state index contributed by atoms with van der Waals surface area (Å²) in [5, 5.41) is 31.8. The van der Waals surface area contributed by atoms with E-state index in [1.54, 1.807) is 14.1 Å². The summed E-state index contributed by atoms with van der Waals surface area (Å²) in [4.78, 5) is 42.1. The van der Waals surface area contributed by atoms with Gasteiger partial charge in [-0.1, -0.05) is 26.0 Å². The zero-order chi connectivity index (χ0) is 24.5. The molecule has 0 saturated heterocycles. The molecule has 0 radical (unpaired) electrons. The molecule has 1 rings (SSSR count). The van der Waals surface area contributed by atoms with Crippen LogP contribution in [-0.2, 0) is 14.3 Å². The SMILES string of the molecule is CN(C)C(=N)N=C(N)NC(=O)CCNC(=O)[C@H](OC(=O)c1ccccc1O)C(C)(C)CO. The van der Waals surface area contributed by atoms with Crippen molar-refractivity contribution < 1.29 is 29.3 Å². The number of benzene rings is 1. The Balaban J connectivity index is 2.74. The molecule has 0 heterocycles. The number of amides is 2. The third-order valence-corrected chi connectivity index (χ3v) is 4.27. The Bertz CT molecular complexity index is 883. The van der Waals surface area contributed by atoms with Crippen molar-refractivity contribution in [2.24, 2.45) is 16.1 Å². The standard InChI is InChI=1S/C20H30N6O6/c1-20(2,11-27)15(32-17(31)12-7-5-6-8-13(12)28)16(30)23-10-9-14(29)24-18(21)25-19(22)26(3)4/h5-8,15,27-28H,9-11H2,1-4H3,(H,23,30)(H4,21,22,24,25,29)/t15-/m0/s1. The first kappa shape index (κ1) is 26.4. The Hall–Kier alpha value is -3.67. The van der Waals surface area contributed by atoms with Crippen LogP contribution < -0.4 is 16.4 Å². The molecule has 1 atom stereocenters. The van der Waals surface area contributed by atoms with Crippen LogP contribution in [0.4, 0.5) is 0 Å². The Kier molecular flexibility index (Phi) is 9.60. The lowest BCUT2D eigenvalue weighted by molar-refractivity contribution is -0.138. The highest BCUT2D eigenvalue weighted by Crippen LogP contribution is 2.26. The molecule has 12 heteroatoms. The summed E-state index contributed by atoms with van der Waals surface area (Å²) in [5.41, 5.74) is 4.28. The fourth-order valence-corrected chi connectivity index (χ4v) is 2.31. The van der Waals surface area contributed by atoms with Gasteiger partial charge >= 0.3 is 5.97 Å². The van der Waals surface area contributed by atoms with Gasteiger partial charge in [-0.25, -0.2) is 4.79 Å². The number of nitrogens with zero attached hydrogens (tertiary/aromatic N) is 2. The molecule has 0 bridgehead atoms. The predicted molar refractivity (Wildman–Crippen MR) is 117 cm³/mol. The zero-order valence-electron chi connectivity index (χ0n) is 18.5. The van der Waals surface area contributed by atoms with Gasteiger partial charge in [0.25, 0.3) is 5.91 Å². The van der Waals surface area contributed by atoms with Crippen molar-refractivity contribution in [3.05, 3.63) is 29.8 Å². The van der Waals surface area contributed by atoms with E-state index >= 15 is 0 Å². The number of rotatable bonds is 8. The molecule has 12 nitrogen and oxygen atoms in total. The molecule has 0 saturated carbocycles. The summed E-state index contributed by atoms with van der Waals surface area (Å²) in [6.07, 6.45) is -1.56. The highest BCUT2D eigenvalue weighted by Gasteiger charge is 2.38. The minimum Gasteiger partial charge on any atom is -0.507 e. The van der Waals surface area contributed by atoms with Crippen LogP contribution in [0, 0.1) is 10.8 Å². The largest absolute Gasteiger partial charge is 0.507 e. The van der Waals surface area contributed by atoms with Crippen LogP contribution in [0.25, 0.3) is 0 Å². The van der Waals surface area contributed by atoms with E-state index in [0.717, 1.165) is 0 Å². The Morgan fingerprint density at radius 2 is 1.91 bits per heavy atom. The number of phenolic OH excluding ortho intramolecular Hbond substituents is 1. The highest BCUT2D eigenvalue weighted by atomic mass is 16.6. The van der Waals surface area contributed by atoms with Crippen LogP contribution in [-0.4, -0.2) is 78.2 Å². The van der Waals surface area contributed by atoms with E-state index in [4.69, 9.17) is 15.9 Å². The number of para-hydroxylation sites is 1. The third kappa shape index (κ3) is 7.87. The van der Waals surface area contributed by atoms with Gasteiger partial charge in [0.1, 0.15) is 11.3 Å². The second-order valence-corrected chi connectivity index (χ2v) is 7.75. The molecule has 2 amide bonds. The van der Waals surface area contributed by atoms with Crippen LogP contribution in [0.2, 0.25) is 0 Å². The Morgan fingerprint density at radius 1 is 1.28 bits per heavy atom. The first-order valence-electron chi connectivity index (χ1n) is 9.66. The molecule has 0 aliphatic heterocycles. The molecule has 0 spiro atoms. The number of ether oxygens (including phenoxy) is 1. The predicted octanol–water partition coefficient (Wildman–Crippen LogP) is -0.630. The van der Waals surface area contributed by atoms with Gasteiger partial charge in [0, 0.05) is 32.5 Å². The molecule has 1 aromatic rings. The summed E-state index contributed by atoms with van der Waals surface area (Å²) >= 11 is 0. The van der Waals surface area contributed by atoms with Gasteiger partial charge in [-0.2, -0.15) is 4.99 Å². The van der Waals surface area contributed by atoms with Crippen molar-refractivity contribution in [2.45, 2.75) is 26.4 Å². The van der Waals surface area contributed by atoms with E-state index in [0.29, 0.717) is 0 Å². The van der Waals surface area contributed by atoms with E-state index in [2.05, 4.69) is 15.6 Å². The van der Waals surface area contributed by atoms with Gasteiger partial charge in [0.05, 0.1) is 6.61 Å². The number of aromatic hydroxyl groups is 1. The lowest BCUT2D eigenvalue weighted by Crippen LogP contribution is -2.49. The summed E-state index contributed by atoms with van der Waals surface area (Å²) in [5.74, 6) is -2.95. The van der Waals surface area contributed by atoms with Crippen LogP contribution in [0.1, 0.15) is 30.6 Å². The monoisotopic (exact) mass is 450 g/mol. The number of aliphatic hydroxyl groups excluding tert-OH is 1. The van der Waals surface area contributed by atoms with E-state index < -0.39 is 35.9 Å². The van der Waals surface area contributed by atoms with E-state index in [1.165, 1.54) is 43.0 Å². The first-order valence-corrected chi connectivity index (χ1v) is 9.66. The van der Waals surface area contributed by atoms with Gasteiger partial charge < -0.3 is 30.9 Å². The number of esters is 1. The molecule has 1 aromatic carbocycles. The second-order valence-electron chi connectivity index (χ2n) is 7.75. The van der Waals surface area contributed by atoms with Crippen molar-refractivity contribution >= 4 is 29.7 Å². The zero-order valence-corrected chi connectivity index (χ0v) is 18.5. The number of guanidine groups is 2. The fraction of sp³-hybridized carbons (Fsp3) is 0.450. The molecule has 32 heavy (non-hydrogen) atoms. The molecule has 0 fully saturated rings. The number of nitrogens with two attached hydrogens (primary N) is 1. The molecule has 0 unspecified atom stereocenters. The van der Waals surface area contributed by atoms with Crippen molar-refractivity contribution in [1.29, 1.82) is 5.41 Å². The van der Waals surface area contributed by atoms with Gasteiger partial charge in [0.15, 0.2) is 6.10 Å². The maximum atomic E-state index is 12.6. The van der Waals surface area contributed by atoms with Crippen molar-refractivity contribution in [1.82, 2.24) is 15.5 Å². The van der Waals surface area contributed by atoms with E-state index in [9.17, 15) is 24.6 Å². The number of hydrogen-bond acceptors (Lipinski definition) is 7. The average Bonchev–Trinajstić information content (AvgIpc) is 2.71. The maximum Gasteiger partial charge on any atom is 0.342 e. The number of aliphatic imine (C=N–C) groups is 1. The maximum absolute atomic E-state index is 12.6. The molecule has 176 valence electrons. The molecular formula is C20H30N6O6. The molecule has 0 aliphatic carbocycles. The van der Waals surface area contributed by atoms with E-state index in [-0.39, 0.29) is 36.2 Å². The minimum atomic E-state index is -1.39. The van der Waals surface area contributed by atoms with Gasteiger partial charge in [-0.05, 0) is 12.1 Å². The number of carbonyl (C=O) groups excluding carboxylic acids is 3. The van der Waals surface area contributed by atoms with Crippen molar-refractivity contribution in [2.75, 3.05) is 27.2 Å². The van der Waals surface area contributed by atoms with Crippen LogP contribution in [0.3, 0.4) is 0 Å². The van der Waals surface area contributed by atoms with Crippen molar-refractivity contribution in [3.8, 4) is 5.75 Å². The third-order valence-electron chi connectivity index (χ3n) is 4.27. The fourth-order valence-electron chi connectivity index (χ4n) is 2.31. The lowest BCUT2D eigenvalue weighted by Gasteiger charge is -2.31. The van der Waals surface area contributed by atoms with Gasteiger partial charge in [-0.15, -0.1) is 0 Å². The Morgan fingerprint density at radius 3 is 2.47 bits per heavy atom. The minimum absolute atomic E-state index is 0.116.